The van der Waals surface area contributed by atoms with E-state index in [0.29, 0.717) is 12.1 Å². The van der Waals surface area contributed by atoms with Gasteiger partial charge in [0.25, 0.3) is 0 Å². The standard InChI is InChI=1S/C15H18F2N2S/c1-19(7-6-12-3-2-8-20-12)15(10-18)11-4-5-13(16)14(17)9-11/h2-5,8-9,15H,6-7,10,18H2,1H3. The number of rotatable bonds is 6. The van der Waals surface area contributed by atoms with Crippen LogP contribution in [0, 0.1) is 11.6 Å². The zero-order valence-electron chi connectivity index (χ0n) is 11.4. The Kier molecular flexibility index (Phi) is 5.23. The van der Waals surface area contributed by atoms with E-state index in [0.717, 1.165) is 19.0 Å². The second-order valence-corrected chi connectivity index (χ2v) is 5.77. The van der Waals surface area contributed by atoms with Crippen molar-refractivity contribution in [2.24, 2.45) is 5.73 Å². The van der Waals surface area contributed by atoms with Gasteiger partial charge in [0.2, 0.25) is 0 Å². The van der Waals surface area contributed by atoms with Crippen LogP contribution in [0.1, 0.15) is 16.5 Å². The summed E-state index contributed by atoms with van der Waals surface area (Å²) in [4.78, 5) is 3.38. The van der Waals surface area contributed by atoms with Gasteiger partial charge in [0.05, 0.1) is 0 Å². The Labute approximate surface area is 121 Å². The molecule has 1 aromatic heterocycles. The summed E-state index contributed by atoms with van der Waals surface area (Å²) in [6.45, 7) is 1.19. The maximum absolute atomic E-state index is 13.3. The van der Waals surface area contributed by atoms with Gasteiger partial charge in [-0.05, 0) is 42.6 Å². The molecule has 2 aromatic rings. The molecule has 0 bridgehead atoms. The number of benzene rings is 1. The van der Waals surface area contributed by atoms with Crippen molar-refractivity contribution in [1.82, 2.24) is 4.90 Å². The second kappa shape index (κ2) is 6.92. The Hall–Kier alpha value is -1.30. The van der Waals surface area contributed by atoms with Gasteiger partial charge in [-0.3, -0.25) is 4.90 Å². The normalized spacial score (nSPS) is 12.8. The van der Waals surface area contributed by atoms with Gasteiger partial charge in [0.1, 0.15) is 0 Å². The van der Waals surface area contributed by atoms with E-state index < -0.39 is 11.6 Å². The minimum atomic E-state index is -0.828. The fraction of sp³-hybridized carbons (Fsp3) is 0.333. The third-order valence-electron chi connectivity index (χ3n) is 3.37. The molecular weight excluding hydrogens is 278 g/mol. The van der Waals surface area contributed by atoms with Crippen LogP contribution >= 0.6 is 11.3 Å². The molecule has 0 saturated heterocycles. The molecule has 1 heterocycles. The second-order valence-electron chi connectivity index (χ2n) is 4.74. The summed E-state index contributed by atoms with van der Waals surface area (Å²) in [7, 11) is 1.95. The molecule has 0 aliphatic carbocycles. The highest BCUT2D eigenvalue weighted by Crippen LogP contribution is 2.21. The zero-order chi connectivity index (χ0) is 14.5. The Bertz CT molecular complexity index is 543. The molecule has 2 N–H and O–H groups in total. The number of likely N-dealkylation sites (N-methyl/N-ethyl adjacent to an activating group) is 1. The van der Waals surface area contributed by atoms with E-state index >= 15 is 0 Å². The minimum Gasteiger partial charge on any atom is -0.329 e. The molecule has 2 nitrogen and oxygen atoms in total. The first kappa shape index (κ1) is 15.1. The van der Waals surface area contributed by atoms with Crippen molar-refractivity contribution in [3.8, 4) is 0 Å². The molecule has 108 valence electrons. The van der Waals surface area contributed by atoms with E-state index in [1.165, 1.54) is 10.9 Å². The van der Waals surface area contributed by atoms with E-state index in [1.807, 2.05) is 18.5 Å². The van der Waals surface area contributed by atoms with Crippen LogP contribution in [0.4, 0.5) is 8.78 Å². The molecule has 0 fully saturated rings. The van der Waals surface area contributed by atoms with E-state index in [2.05, 4.69) is 11.0 Å². The molecule has 1 atom stereocenters. The maximum atomic E-state index is 13.3. The van der Waals surface area contributed by atoms with Crippen molar-refractivity contribution in [3.05, 3.63) is 57.8 Å². The Morgan fingerprint density at radius 3 is 2.65 bits per heavy atom. The number of hydrogen-bond acceptors (Lipinski definition) is 3. The highest BCUT2D eigenvalue weighted by molar-refractivity contribution is 7.09. The third-order valence-corrected chi connectivity index (χ3v) is 4.31. The van der Waals surface area contributed by atoms with Crippen LogP contribution in [-0.4, -0.2) is 25.0 Å². The van der Waals surface area contributed by atoms with E-state index in [9.17, 15) is 8.78 Å². The number of nitrogens with zero attached hydrogens (tertiary/aromatic N) is 1. The van der Waals surface area contributed by atoms with Crippen LogP contribution in [0.5, 0.6) is 0 Å². The van der Waals surface area contributed by atoms with Crippen molar-refractivity contribution in [2.75, 3.05) is 20.1 Å². The topological polar surface area (TPSA) is 29.3 Å². The molecule has 1 unspecified atom stereocenters. The maximum Gasteiger partial charge on any atom is 0.159 e. The molecule has 0 amide bonds. The molecule has 0 radical (unpaired) electrons. The zero-order valence-corrected chi connectivity index (χ0v) is 12.2. The SMILES string of the molecule is CN(CCc1cccs1)C(CN)c1ccc(F)c(F)c1. The molecule has 1 aromatic carbocycles. The molecule has 5 heteroatoms. The van der Waals surface area contributed by atoms with Gasteiger partial charge in [-0.25, -0.2) is 8.78 Å². The summed E-state index contributed by atoms with van der Waals surface area (Å²) in [6.07, 6.45) is 0.925. The van der Waals surface area contributed by atoms with Gasteiger partial charge in [-0.1, -0.05) is 12.1 Å². The fourth-order valence-corrected chi connectivity index (χ4v) is 2.89. The van der Waals surface area contributed by atoms with E-state index in [-0.39, 0.29) is 6.04 Å². The van der Waals surface area contributed by atoms with Crippen molar-refractivity contribution >= 4 is 11.3 Å². The van der Waals surface area contributed by atoms with Gasteiger partial charge in [0, 0.05) is 24.0 Å². The number of hydrogen-bond donors (Lipinski definition) is 1. The largest absolute Gasteiger partial charge is 0.329 e. The molecular formula is C15H18F2N2S. The van der Waals surface area contributed by atoms with Crippen molar-refractivity contribution in [2.45, 2.75) is 12.5 Å². The third kappa shape index (κ3) is 3.62. The molecule has 2 rings (SSSR count). The van der Waals surface area contributed by atoms with Crippen LogP contribution in [0.25, 0.3) is 0 Å². The van der Waals surface area contributed by atoms with Crippen LogP contribution in [0.15, 0.2) is 35.7 Å². The first-order valence-electron chi connectivity index (χ1n) is 6.49. The monoisotopic (exact) mass is 296 g/mol. The molecule has 20 heavy (non-hydrogen) atoms. The highest BCUT2D eigenvalue weighted by Gasteiger charge is 2.17. The van der Waals surface area contributed by atoms with Crippen molar-refractivity contribution in [3.63, 3.8) is 0 Å². The minimum absolute atomic E-state index is 0.106. The number of thiophene rings is 1. The molecule has 0 saturated carbocycles. The summed E-state index contributed by atoms with van der Waals surface area (Å²) < 4.78 is 26.3. The van der Waals surface area contributed by atoms with Crippen LogP contribution in [-0.2, 0) is 6.42 Å². The Balaban J connectivity index is 2.04. The lowest BCUT2D eigenvalue weighted by Gasteiger charge is -2.27. The summed E-state index contributed by atoms with van der Waals surface area (Å²) in [6, 6.07) is 7.99. The lowest BCUT2D eigenvalue weighted by atomic mass is 10.1. The number of nitrogens with two attached hydrogens (primary N) is 1. The first-order valence-corrected chi connectivity index (χ1v) is 7.37. The van der Waals surface area contributed by atoms with Gasteiger partial charge < -0.3 is 5.73 Å². The smallest absolute Gasteiger partial charge is 0.159 e. The highest BCUT2D eigenvalue weighted by atomic mass is 32.1. The van der Waals surface area contributed by atoms with Crippen molar-refractivity contribution < 1.29 is 8.78 Å². The Morgan fingerprint density at radius 1 is 1.25 bits per heavy atom. The van der Waals surface area contributed by atoms with E-state index in [1.54, 1.807) is 17.4 Å². The Morgan fingerprint density at radius 2 is 2.05 bits per heavy atom. The van der Waals surface area contributed by atoms with Crippen LogP contribution < -0.4 is 5.73 Å². The van der Waals surface area contributed by atoms with Crippen LogP contribution in [0.2, 0.25) is 0 Å². The average Bonchev–Trinajstić information content (AvgIpc) is 2.94. The average molecular weight is 296 g/mol. The summed E-state index contributed by atoms with van der Waals surface area (Å²) in [5, 5.41) is 2.05. The summed E-state index contributed by atoms with van der Waals surface area (Å²) in [5.74, 6) is -1.65. The van der Waals surface area contributed by atoms with Crippen LogP contribution in [0.3, 0.4) is 0 Å². The lowest BCUT2D eigenvalue weighted by molar-refractivity contribution is 0.253. The summed E-state index contributed by atoms with van der Waals surface area (Å²) >= 11 is 1.72. The van der Waals surface area contributed by atoms with E-state index in [4.69, 9.17) is 5.73 Å². The quantitative estimate of drug-likeness (QED) is 0.887. The lowest BCUT2D eigenvalue weighted by Crippen LogP contribution is -2.32. The molecule has 0 aliphatic heterocycles. The number of halogens is 2. The first-order chi connectivity index (χ1) is 9.61. The van der Waals surface area contributed by atoms with Gasteiger partial charge in [0.15, 0.2) is 11.6 Å². The van der Waals surface area contributed by atoms with Crippen molar-refractivity contribution in [1.29, 1.82) is 0 Å². The van der Waals surface area contributed by atoms with Gasteiger partial charge in [-0.2, -0.15) is 0 Å². The fourth-order valence-electron chi connectivity index (χ4n) is 2.19. The molecule has 0 aliphatic rings. The molecule has 0 spiro atoms. The van der Waals surface area contributed by atoms with Gasteiger partial charge >= 0.3 is 0 Å². The van der Waals surface area contributed by atoms with Gasteiger partial charge in [-0.15, -0.1) is 11.3 Å². The summed E-state index contributed by atoms with van der Waals surface area (Å²) in [5.41, 5.74) is 6.50. The predicted molar refractivity (Wildman–Crippen MR) is 78.8 cm³/mol. The predicted octanol–water partition coefficient (Wildman–Crippen LogP) is 3.20.